The molecule has 0 atom stereocenters. The minimum atomic E-state index is 0.749. The number of aromatic nitrogens is 4. The number of anilines is 1. The van der Waals surface area contributed by atoms with Crippen molar-refractivity contribution in [1.29, 1.82) is 0 Å². The van der Waals surface area contributed by atoms with Crippen molar-refractivity contribution in [2.24, 2.45) is 7.05 Å². The average Bonchev–Trinajstić information content (AvgIpc) is 2.64. The highest BCUT2D eigenvalue weighted by Gasteiger charge is 2.06. The fourth-order valence-electron chi connectivity index (χ4n) is 1.52. The molecule has 0 aliphatic heterocycles. The van der Waals surface area contributed by atoms with Crippen molar-refractivity contribution >= 4 is 5.82 Å². The Morgan fingerprint density at radius 1 is 1.31 bits per heavy atom. The topological polar surface area (TPSA) is 55.6 Å². The molecule has 0 unspecified atom stereocenters. The van der Waals surface area contributed by atoms with Gasteiger partial charge in [0.25, 0.3) is 0 Å². The standard InChI is InChI=1S/C11H15N5/c1-4-12-11-7-10(13-8(2)14-11)9-5-6-16(3)15-9/h5-7H,4H2,1-3H3,(H,12,13,14). The van der Waals surface area contributed by atoms with Gasteiger partial charge in [-0.25, -0.2) is 9.97 Å². The third-order valence-corrected chi connectivity index (χ3v) is 2.17. The van der Waals surface area contributed by atoms with E-state index in [0.717, 1.165) is 29.6 Å². The van der Waals surface area contributed by atoms with Gasteiger partial charge in [0.2, 0.25) is 0 Å². The molecule has 5 nitrogen and oxygen atoms in total. The molecule has 16 heavy (non-hydrogen) atoms. The molecule has 0 amide bonds. The second kappa shape index (κ2) is 4.30. The second-order valence-electron chi connectivity index (χ2n) is 3.59. The Balaban J connectivity index is 2.40. The number of hydrogen-bond acceptors (Lipinski definition) is 4. The maximum atomic E-state index is 4.37. The van der Waals surface area contributed by atoms with Gasteiger partial charge >= 0.3 is 0 Å². The van der Waals surface area contributed by atoms with E-state index in [4.69, 9.17) is 0 Å². The molecular weight excluding hydrogens is 202 g/mol. The van der Waals surface area contributed by atoms with Crippen molar-refractivity contribution in [3.05, 3.63) is 24.2 Å². The summed E-state index contributed by atoms with van der Waals surface area (Å²) in [4.78, 5) is 8.67. The van der Waals surface area contributed by atoms with Gasteiger partial charge in [-0.15, -0.1) is 0 Å². The Morgan fingerprint density at radius 2 is 2.12 bits per heavy atom. The molecule has 0 saturated heterocycles. The maximum absolute atomic E-state index is 4.37. The van der Waals surface area contributed by atoms with Crippen molar-refractivity contribution in [1.82, 2.24) is 19.7 Å². The number of nitrogens with one attached hydrogen (secondary N) is 1. The molecule has 1 N–H and O–H groups in total. The molecule has 0 aliphatic rings. The van der Waals surface area contributed by atoms with Gasteiger partial charge in [0, 0.05) is 25.9 Å². The van der Waals surface area contributed by atoms with Crippen LogP contribution in [0.2, 0.25) is 0 Å². The summed E-state index contributed by atoms with van der Waals surface area (Å²) in [7, 11) is 1.89. The highest BCUT2D eigenvalue weighted by atomic mass is 15.3. The van der Waals surface area contributed by atoms with Gasteiger partial charge in [0.1, 0.15) is 17.3 Å². The Morgan fingerprint density at radius 3 is 2.75 bits per heavy atom. The van der Waals surface area contributed by atoms with Gasteiger partial charge in [-0.1, -0.05) is 0 Å². The van der Waals surface area contributed by atoms with Crippen molar-refractivity contribution in [3.63, 3.8) is 0 Å². The maximum Gasteiger partial charge on any atom is 0.130 e. The Kier molecular flexibility index (Phi) is 2.85. The van der Waals surface area contributed by atoms with Gasteiger partial charge in [0.15, 0.2) is 0 Å². The number of nitrogens with zero attached hydrogens (tertiary/aromatic N) is 4. The van der Waals surface area contributed by atoms with Gasteiger partial charge in [-0.2, -0.15) is 5.10 Å². The van der Waals surface area contributed by atoms with Crippen LogP contribution in [-0.4, -0.2) is 26.3 Å². The molecule has 84 valence electrons. The summed E-state index contributed by atoms with van der Waals surface area (Å²) in [5, 5.41) is 7.50. The Hall–Kier alpha value is -1.91. The van der Waals surface area contributed by atoms with Crippen LogP contribution in [0.1, 0.15) is 12.7 Å². The van der Waals surface area contributed by atoms with E-state index >= 15 is 0 Å². The van der Waals surface area contributed by atoms with E-state index < -0.39 is 0 Å². The lowest BCUT2D eigenvalue weighted by atomic mass is 10.3. The van der Waals surface area contributed by atoms with E-state index in [2.05, 4.69) is 20.4 Å². The van der Waals surface area contributed by atoms with Crippen LogP contribution in [0.3, 0.4) is 0 Å². The van der Waals surface area contributed by atoms with E-state index in [1.54, 1.807) is 4.68 Å². The molecular formula is C11H15N5. The van der Waals surface area contributed by atoms with E-state index in [1.807, 2.05) is 39.2 Å². The largest absolute Gasteiger partial charge is 0.370 e. The summed E-state index contributed by atoms with van der Waals surface area (Å²) >= 11 is 0. The number of hydrogen-bond donors (Lipinski definition) is 1. The predicted octanol–water partition coefficient (Wildman–Crippen LogP) is 1.62. The molecule has 0 radical (unpaired) electrons. The van der Waals surface area contributed by atoms with Crippen molar-refractivity contribution in [2.75, 3.05) is 11.9 Å². The molecule has 0 aromatic carbocycles. The van der Waals surface area contributed by atoms with Crippen LogP contribution in [0.5, 0.6) is 0 Å². The van der Waals surface area contributed by atoms with Crippen LogP contribution in [0.25, 0.3) is 11.4 Å². The van der Waals surface area contributed by atoms with E-state index in [0.29, 0.717) is 0 Å². The quantitative estimate of drug-likeness (QED) is 0.848. The van der Waals surface area contributed by atoms with Crippen molar-refractivity contribution < 1.29 is 0 Å². The molecule has 2 aromatic rings. The second-order valence-corrected chi connectivity index (χ2v) is 3.59. The number of aryl methyl sites for hydroxylation is 2. The normalized spacial score (nSPS) is 10.4. The molecule has 0 spiro atoms. The molecule has 2 heterocycles. The van der Waals surface area contributed by atoms with Crippen LogP contribution < -0.4 is 5.32 Å². The third-order valence-electron chi connectivity index (χ3n) is 2.17. The summed E-state index contributed by atoms with van der Waals surface area (Å²) in [5.74, 6) is 1.59. The smallest absolute Gasteiger partial charge is 0.130 e. The van der Waals surface area contributed by atoms with Crippen molar-refractivity contribution in [3.8, 4) is 11.4 Å². The average molecular weight is 217 g/mol. The molecule has 5 heteroatoms. The fourth-order valence-corrected chi connectivity index (χ4v) is 1.52. The van der Waals surface area contributed by atoms with E-state index in [-0.39, 0.29) is 0 Å². The zero-order valence-electron chi connectivity index (χ0n) is 9.73. The molecule has 0 saturated carbocycles. The van der Waals surface area contributed by atoms with Gasteiger partial charge in [-0.3, -0.25) is 4.68 Å². The molecule has 0 bridgehead atoms. The van der Waals surface area contributed by atoms with Crippen LogP contribution in [-0.2, 0) is 7.05 Å². The van der Waals surface area contributed by atoms with Crippen LogP contribution in [0.15, 0.2) is 18.3 Å². The minimum Gasteiger partial charge on any atom is -0.370 e. The SMILES string of the molecule is CCNc1cc(-c2ccn(C)n2)nc(C)n1. The Labute approximate surface area is 94.5 Å². The summed E-state index contributed by atoms with van der Waals surface area (Å²) in [6.07, 6.45) is 1.90. The summed E-state index contributed by atoms with van der Waals surface area (Å²) in [5.41, 5.74) is 1.72. The zero-order chi connectivity index (χ0) is 11.5. The Bertz CT molecular complexity index is 489. The zero-order valence-corrected chi connectivity index (χ0v) is 9.73. The van der Waals surface area contributed by atoms with Gasteiger partial charge in [-0.05, 0) is 19.9 Å². The predicted molar refractivity (Wildman–Crippen MR) is 63.1 cm³/mol. The molecule has 0 fully saturated rings. The lowest BCUT2D eigenvalue weighted by Gasteiger charge is -2.05. The lowest BCUT2D eigenvalue weighted by Crippen LogP contribution is -2.02. The molecule has 2 rings (SSSR count). The monoisotopic (exact) mass is 217 g/mol. The lowest BCUT2D eigenvalue weighted by molar-refractivity contribution is 0.769. The first-order chi connectivity index (χ1) is 7.69. The van der Waals surface area contributed by atoms with Crippen LogP contribution >= 0.6 is 0 Å². The fraction of sp³-hybridized carbons (Fsp3) is 0.364. The van der Waals surface area contributed by atoms with E-state index in [1.165, 1.54) is 0 Å². The van der Waals surface area contributed by atoms with Crippen molar-refractivity contribution in [2.45, 2.75) is 13.8 Å². The summed E-state index contributed by atoms with van der Waals surface area (Å²) < 4.78 is 1.76. The van der Waals surface area contributed by atoms with Gasteiger partial charge < -0.3 is 5.32 Å². The first-order valence-corrected chi connectivity index (χ1v) is 5.28. The van der Waals surface area contributed by atoms with E-state index in [9.17, 15) is 0 Å². The first kappa shape index (κ1) is 10.6. The highest BCUT2D eigenvalue weighted by Crippen LogP contribution is 2.17. The highest BCUT2D eigenvalue weighted by molar-refractivity contribution is 5.58. The van der Waals surface area contributed by atoms with Crippen LogP contribution in [0, 0.1) is 6.92 Å². The molecule has 0 aliphatic carbocycles. The minimum absolute atomic E-state index is 0.749. The number of rotatable bonds is 3. The summed E-state index contributed by atoms with van der Waals surface area (Å²) in [6.45, 7) is 4.77. The van der Waals surface area contributed by atoms with Gasteiger partial charge in [0.05, 0.1) is 5.69 Å². The third kappa shape index (κ3) is 2.18. The molecule has 2 aromatic heterocycles. The van der Waals surface area contributed by atoms with Crippen LogP contribution in [0.4, 0.5) is 5.82 Å². The summed E-state index contributed by atoms with van der Waals surface area (Å²) in [6, 6.07) is 3.86. The first-order valence-electron chi connectivity index (χ1n) is 5.28.